The zero-order chi connectivity index (χ0) is 15.2. The highest BCUT2D eigenvalue weighted by atomic mass is 32.2. The van der Waals surface area contributed by atoms with Gasteiger partial charge >= 0.3 is 0 Å². The zero-order valence-corrected chi connectivity index (χ0v) is 13.3. The lowest BCUT2D eigenvalue weighted by Gasteiger charge is -2.09. The first kappa shape index (κ1) is 17.1. The molecule has 0 saturated heterocycles. The molecule has 0 aliphatic heterocycles. The van der Waals surface area contributed by atoms with Crippen LogP contribution in [0.4, 0.5) is 0 Å². The molecule has 7 nitrogen and oxygen atoms in total. The Bertz CT molecular complexity index is 511. The van der Waals surface area contributed by atoms with E-state index in [9.17, 15) is 8.42 Å². The molecule has 0 atom stereocenters. The van der Waals surface area contributed by atoms with Gasteiger partial charge in [-0.3, -0.25) is 5.10 Å². The number of aromatic nitrogens is 2. The van der Waals surface area contributed by atoms with Gasteiger partial charge in [-0.05, 0) is 27.3 Å². The van der Waals surface area contributed by atoms with Gasteiger partial charge in [-0.2, -0.15) is 5.10 Å². The normalized spacial score (nSPS) is 12.2. The molecule has 0 bridgehead atoms. The fourth-order valence-corrected chi connectivity index (χ4v) is 2.85. The summed E-state index contributed by atoms with van der Waals surface area (Å²) < 4.78 is 32.2. The molecule has 0 aliphatic rings. The topological polar surface area (TPSA) is 96.1 Å². The van der Waals surface area contributed by atoms with E-state index < -0.39 is 10.0 Å². The van der Waals surface area contributed by atoms with Crippen LogP contribution in [0.1, 0.15) is 32.0 Å². The van der Waals surface area contributed by atoms with Gasteiger partial charge in [0.25, 0.3) is 10.0 Å². The maximum absolute atomic E-state index is 12.2. The fraction of sp³-hybridized carbons (Fsp3) is 0.750. The minimum atomic E-state index is -3.61. The van der Waals surface area contributed by atoms with Gasteiger partial charge < -0.3 is 10.1 Å². The molecule has 0 amide bonds. The largest absolute Gasteiger partial charge is 0.377 e. The standard InChI is InChI=1S/C12H24N4O3S/c1-5-13-8-11-10(4)15-16-12(11)20(17,18)14-6-7-19-9(2)3/h9,13-14H,5-8H2,1-4H3,(H,15,16). The third-order valence-electron chi connectivity index (χ3n) is 2.69. The number of nitrogens with zero attached hydrogens (tertiary/aromatic N) is 1. The number of rotatable bonds is 9. The Balaban J connectivity index is 2.72. The Morgan fingerprint density at radius 3 is 2.70 bits per heavy atom. The number of hydrogen-bond acceptors (Lipinski definition) is 5. The van der Waals surface area contributed by atoms with E-state index >= 15 is 0 Å². The van der Waals surface area contributed by atoms with Gasteiger partial charge in [-0.1, -0.05) is 6.92 Å². The molecule has 116 valence electrons. The molecule has 0 aliphatic carbocycles. The van der Waals surface area contributed by atoms with Crippen LogP contribution < -0.4 is 10.0 Å². The van der Waals surface area contributed by atoms with Crippen LogP contribution in [0.25, 0.3) is 0 Å². The van der Waals surface area contributed by atoms with Crippen LogP contribution in [0.5, 0.6) is 0 Å². The summed E-state index contributed by atoms with van der Waals surface area (Å²) in [7, 11) is -3.61. The number of aromatic amines is 1. The maximum atomic E-state index is 12.2. The predicted octanol–water partition coefficient (Wildman–Crippen LogP) is 0.531. The summed E-state index contributed by atoms with van der Waals surface area (Å²) >= 11 is 0. The van der Waals surface area contributed by atoms with Crippen LogP contribution in [-0.4, -0.2) is 44.4 Å². The van der Waals surface area contributed by atoms with E-state index in [-0.39, 0.29) is 17.7 Å². The molecule has 0 aromatic carbocycles. The first-order chi connectivity index (χ1) is 9.38. The molecule has 8 heteroatoms. The quantitative estimate of drug-likeness (QED) is 0.578. The van der Waals surface area contributed by atoms with E-state index in [2.05, 4.69) is 20.2 Å². The Morgan fingerprint density at radius 2 is 2.10 bits per heavy atom. The molecular weight excluding hydrogens is 280 g/mol. The summed E-state index contributed by atoms with van der Waals surface area (Å²) in [6.45, 7) is 9.37. The molecule has 0 spiro atoms. The minimum absolute atomic E-state index is 0.0560. The van der Waals surface area contributed by atoms with Crippen molar-refractivity contribution in [1.29, 1.82) is 0 Å². The minimum Gasteiger partial charge on any atom is -0.377 e. The first-order valence-corrected chi connectivity index (χ1v) is 8.22. The third-order valence-corrected chi connectivity index (χ3v) is 4.12. The van der Waals surface area contributed by atoms with E-state index in [1.165, 1.54) is 0 Å². The molecule has 0 saturated carbocycles. The molecule has 0 radical (unpaired) electrons. The van der Waals surface area contributed by atoms with Crippen molar-refractivity contribution >= 4 is 10.0 Å². The van der Waals surface area contributed by atoms with Crippen molar-refractivity contribution in [2.45, 2.75) is 45.4 Å². The number of ether oxygens (including phenoxy) is 1. The van der Waals surface area contributed by atoms with Gasteiger partial charge in [0.05, 0.1) is 12.7 Å². The van der Waals surface area contributed by atoms with Gasteiger partial charge in [0, 0.05) is 24.3 Å². The van der Waals surface area contributed by atoms with E-state index in [0.717, 1.165) is 12.2 Å². The Morgan fingerprint density at radius 1 is 1.40 bits per heavy atom. The van der Waals surface area contributed by atoms with Crippen LogP contribution in [-0.2, 0) is 21.3 Å². The van der Waals surface area contributed by atoms with Crippen molar-refractivity contribution in [1.82, 2.24) is 20.2 Å². The van der Waals surface area contributed by atoms with Gasteiger partial charge in [-0.15, -0.1) is 0 Å². The second-order valence-corrected chi connectivity index (χ2v) is 6.41. The highest BCUT2D eigenvalue weighted by Gasteiger charge is 2.23. The number of nitrogens with one attached hydrogen (secondary N) is 3. The van der Waals surface area contributed by atoms with Crippen molar-refractivity contribution < 1.29 is 13.2 Å². The molecule has 0 fully saturated rings. The number of H-pyrrole nitrogens is 1. The van der Waals surface area contributed by atoms with Crippen molar-refractivity contribution in [3.63, 3.8) is 0 Å². The molecule has 20 heavy (non-hydrogen) atoms. The average molecular weight is 304 g/mol. The molecule has 1 aromatic heterocycles. The van der Waals surface area contributed by atoms with Gasteiger partial charge in [0.15, 0.2) is 5.03 Å². The summed E-state index contributed by atoms with van der Waals surface area (Å²) in [4.78, 5) is 0. The number of aryl methyl sites for hydroxylation is 1. The SMILES string of the molecule is CCNCc1c(S(=O)(=O)NCCOC(C)C)n[nH]c1C. The fourth-order valence-electron chi connectivity index (χ4n) is 1.65. The second-order valence-electron chi connectivity index (χ2n) is 4.73. The van der Waals surface area contributed by atoms with Crippen molar-refractivity contribution in [3.8, 4) is 0 Å². The van der Waals surface area contributed by atoms with E-state index in [1.807, 2.05) is 20.8 Å². The molecule has 1 heterocycles. The van der Waals surface area contributed by atoms with E-state index in [0.29, 0.717) is 18.7 Å². The zero-order valence-electron chi connectivity index (χ0n) is 12.5. The Kier molecular flexibility index (Phi) is 6.60. The monoisotopic (exact) mass is 304 g/mol. The highest BCUT2D eigenvalue weighted by Crippen LogP contribution is 2.15. The van der Waals surface area contributed by atoms with Crippen molar-refractivity contribution in [2.75, 3.05) is 19.7 Å². The number of hydrogen-bond donors (Lipinski definition) is 3. The van der Waals surface area contributed by atoms with Gasteiger partial charge in [0.2, 0.25) is 0 Å². The number of sulfonamides is 1. The summed E-state index contributed by atoms with van der Waals surface area (Å²) in [6, 6.07) is 0. The molecule has 1 rings (SSSR count). The third kappa shape index (κ3) is 4.86. The van der Waals surface area contributed by atoms with Crippen molar-refractivity contribution in [3.05, 3.63) is 11.3 Å². The van der Waals surface area contributed by atoms with Crippen LogP contribution in [0.2, 0.25) is 0 Å². The van der Waals surface area contributed by atoms with Crippen LogP contribution >= 0.6 is 0 Å². The smallest absolute Gasteiger partial charge is 0.260 e. The Hall–Kier alpha value is -0.960. The highest BCUT2D eigenvalue weighted by molar-refractivity contribution is 7.89. The summed E-state index contributed by atoms with van der Waals surface area (Å²) in [5.41, 5.74) is 1.42. The first-order valence-electron chi connectivity index (χ1n) is 6.74. The van der Waals surface area contributed by atoms with Gasteiger partial charge in [-0.25, -0.2) is 13.1 Å². The lowest BCUT2D eigenvalue weighted by molar-refractivity contribution is 0.0833. The maximum Gasteiger partial charge on any atom is 0.260 e. The van der Waals surface area contributed by atoms with E-state index in [1.54, 1.807) is 6.92 Å². The predicted molar refractivity (Wildman–Crippen MR) is 77.0 cm³/mol. The van der Waals surface area contributed by atoms with Crippen LogP contribution in [0, 0.1) is 6.92 Å². The Labute approximate surface area is 120 Å². The summed E-state index contributed by atoms with van der Waals surface area (Å²) in [5, 5.41) is 9.78. The second kappa shape index (κ2) is 7.72. The van der Waals surface area contributed by atoms with Crippen molar-refractivity contribution in [2.24, 2.45) is 0 Å². The average Bonchev–Trinajstić information content (AvgIpc) is 2.74. The summed E-state index contributed by atoms with van der Waals surface area (Å²) in [5.74, 6) is 0. The molecular formula is C12H24N4O3S. The van der Waals surface area contributed by atoms with E-state index in [4.69, 9.17) is 4.74 Å². The summed E-state index contributed by atoms with van der Waals surface area (Å²) in [6.07, 6.45) is 0.0800. The van der Waals surface area contributed by atoms with Crippen LogP contribution in [0.3, 0.4) is 0 Å². The molecule has 0 unspecified atom stereocenters. The lowest BCUT2D eigenvalue weighted by atomic mass is 10.2. The van der Waals surface area contributed by atoms with Crippen LogP contribution in [0.15, 0.2) is 5.03 Å². The lowest BCUT2D eigenvalue weighted by Crippen LogP contribution is -2.29. The molecule has 1 aromatic rings. The molecule has 3 N–H and O–H groups in total. The van der Waals surface area contributed by atoms with Gasteiger partial charge in [0.1, 0.15) is 0 Å².